The third-order valence-corrected chi connectivity index (χ3v) is 22.1. The molecular formula is C22H38O2Si2. The first-order valence-corrected chi connectivity index (χ1v) is 15.8. The summed E-state index contributed by atoms with van der Waals surface area (Å²) >= 11 is 0. The minimum absolute atomic E-state index is 0.255. The fourth-order valence-corrected chi connectivity index (χ4v) is 20.2. The van der Waals surface area contributed by atoms with Crippen molar-refractivity contribution in [1.82, 2.24) is 0 Å². The number of esters is 1. The zero-order valence-electron chi connectivity index (χ0n) is 17.7. The second kappa shape index (κ2) is 10.9. The highest BCUT2D eigenvalue weighted by molar-refractivity contribution is 7.00. The third kappa shape index (κ3) is 4.98. The Bertz CT molecular complexity index is 524. The highest BCUT2D eigenvalue weighted by Gasteiger charge is 2.46. The Hall–Kier alpha value is -1.14. The molecule has 0 aromatic heterocycles. The smallest absolute Gasteiger partial charge is 0.342 e. The predicted molar refractivity (Wildman–Crippen MR) is 119 cm³/mol. The maximum atomic E-state index is 12.3. The minimum Gasteiger partial charge on any atom is -0.431 e. The lowest BCUT2D eigenvalue weighted by Crippen LogP contribution is -2.51. The maximum absolute atomic E-state index is 12.3. The van der Waals surface area contributed by atoms with E-state index < -0.39 is 16.1 Å². The average molecular weight is 391 g/mol. The fraction of sp³-hybridized carbons (Fsp3) is 0.591. The van der Waals surface area contributed by atoms with Gasteiger partial charge < -0.3 is 4.74 Å². The van der Waals surface area contributed by atoms with Crippen LogP contribution in [0.2, 0.25) is 41.4 Å². The van der Waals surface area contributed by atoms with Gasteiger partial charge in [0, 0.05) is 0 Å². The molecule has 0 N–H and O–H groups in total. The third-order valence-electron chi connectivity index (χ3n) is 7.00. The van der Waals surface area contributed by atoms with Gasteiger partial charge in [0.25, 0.3) is 0 Å². The number of hydrogen-bond donors (Lipinski definition) is 0. The van der Waals surface area contributed by atoms with E-state index in [1.807, 2.05) is 18.2 Å². The van der Waals surface area contributed by atoms with Crippen LogP contribution in [0.15, 0.2) is 42.7 Å². The topological polar surface area (TPSA) is 26.3 Å². The summed E-state index contributed by atoms with van der Waals surface area (Å²) in [7, 11) is -2.83. The molecule has 0 saturated carbocycles. The first-order chi connectivity index (χ1) is 12.5. The molecule has 0 aliphatic carbocycles. The molecule has 0 unspecified atom stereocenters. The van der Waals surface area contributed by atoms with E-state index in [1.165, 1.54) is 36.3 Å². The van der Waals surface area contributed by atoms with Crippen molar-refractivity contribution in [3.8, 4) is 0 Å². The van der Waals surface area contributed by atoms with E-state index in [-0.39, 0.29) is 5.97 Å². The molecule has 0 spiro atoms. The van der Waals surface area contributed by atoms with E-state index in [4.69, 9.17) is 4.74 Å². The van der Waals surface area contributed by atoms with Gasteiger partial charge in [-0.05, 0) is 17.3 Å². The molecule has 0 heterocycles. The SMILES string of the molecule is CC[Si](CC)(CC)C(/C=C\OC(=O)c1ccccc1)[Si](CC)(CC)CC. The van der Waals surface area contributed by atoms with Crippen LogP contribution in [-0.4, -0.2) is 22.1 Å². The lowest BCUT2D eigenvalue weighted by molar-refractivity contribution is 0.0662. The summed E-state index contributed by atoms with van der Waals surface area (Å²) in [5, 5.41) is 0.679. The molecule has 0 atom stereocenters. The van der Waals surface area contributed by atoms with Crippen LogP contribution in [0.3, 0.4) is 0 Å². The Balaban J connectivity index is 3.14. The van der Waals surface area contributed by atoms with Crippen LogP contribution >= 0.6 is 0 Å². The molecule has 146 valence electrons. The van der Waals surface area contributed by atoms with Crippen LogP contribution in [0.4, 0.5) is 0 Å². The van der Waals surface area contributed by atoms with Gasteiger partial charge >= 0.3 is 5.97 Å². The molecule has 4 heteroatoms. The maximum Gasteiger partial charge on any atom is 0.342 e. The molecule has 1 aromatic carbocycles. The van der Waals surface area contributed by atoms with E-state index in [2.05, 4.69) is 47.6 Å². The standard InChI is InChI=1S/C22H38O2Si2/c1-7-25(8-2,9-3)21(26(10-4,11-5)12-6)18-19-24-22(23)20-16-14-13-15-17-20/h13-19,21H,7-12H2,1-6H3/b19-18-. The Morgan fingerprint density at radius 2 is 1.27 bits per heavy atom. The number of ether oxygens (including phenoxy) is 1. The Morgan fingerprint density at radius 3 is 1.65 bits per heavy atom. The molecule has 0 amide bonds. The second-order valence-corrected chi connectivity index (χ2v) is 18.9. The minimum atomic E-state index is -1.41. The molecule has 0 aliphatic rings. The first kappa shape index (κ1) is 22.9. The van der Waals surface area contributed by atoms with Crippen LogP contribution in [-0.2, 0) is 4.74 Å². The summed E-state index contributed by atoms with van der Waals surface area (Å²) in [5.74, 6) is -0.255. The van der Waals surface area contributed by atoms with Gasteiger partial charge in [-0.1, -0.05) is 102 Å². The highest BCUT2D eigenvalue weighted by atomic mass is 28.4. The lowest BCUT2D eigenvalue weighted by Gasteiger charge is -2.46. The Labute approximate surface area is 163 Å². The average Bonchev–Trinajstić information content (AvgIpc) is 2.71. The number of carbonyl (C=O) groups is 1. The molecule has 0 fully saturated rings. The predicted octanol–water partition coefficient (Wildman–Crippen LogP) is 7.28. The largest absolute Gasteiger partial charge is 0.431 e. The van der Waals surface area contributed by atoms with Gasteiger partial charge in [-0.3, -0.25) is 0 Å². The number of hydrogen-bond acceptors (Lipinski definition) is 2. The van der Waals surface area contributed by atoms with E-state index in [0.29, 0.717) is 10.7 Å². The first-order valence-electron chi connectivity index (χ1n) is 10.4. The number of allylic oxidation sites excluding steroid dienone is 1. The summed E-state index contributed by atoms with van der Waals surface area (Å²) in [6, 6.07) is 17.2. The Morgan fingerprint density at radius 1 is 0.846 bits per heavy atom. The lowest BCUT2D eigenvalue weighted by atomic mass is 10.2. The van der Waals surface area contributed by atoms with Crippen molar-refractivity contribution in [3.05, 3.63) is 48.2 Å². The summed E-state index contributed by atoms with van der Waals surface area (Å²) in [4.78, 5) is 12.3. The summed E-state index contributed by atoms with van der Waals surface area (Å²) in [6.45, 7) is 14.3. The van der Waals surface area contributed by atoms with Crippen molar-refractivity contribution in [2.75, 3.05) is 0 Å². The summed E-state index contributed by atoms with van der Waals surface area (Å²) in [6.07, 6.45) is 4.04. The van der Waals surface area contributed by atoms with Crippen LogP contribution in [0.1, 0.15) is 51.9 Å². The van der Waals surface area contributed by atoms with Crippen molar-refractivity contribution < 1.29 is 9.53 Å². The zero-order chi connectivity index (χ0) is 19.6. The van der Waals surface area contributed by atoms with Gasteiger partial charge in [-0.2, -0.15) is 0 Å². The molecule has 1 aromatic rings. The molecule has 0 bridgehead atoms. The van der Waals surface area contributed by atoms with Gasteiger partial charge in [0.05, 0.1) is 28.0 Å². The monoisotopic (exact) mass is 390 g/mol. The van der Waals surface area contributed by atoms with Crippen molar-refractivity contribution in [3.63, 3.8) is 0 Å². The van der Waals surface area contributed by atoms with Gasteiger partial charge in [-0.25, -0.2) is 4.79 Å². The quantitative estimate of drug-likeness (QED) is 0.225. The molecule has 26 heavy (non-hydrogen) atoms. The number of carbonyl (C=O) groups excluding carboxylic acids is 1. The van der Waals surface area contributed by atoms with Crippen molar-refractivity contribution in [1.29, 1.82) is 0 Å². The van der Waals surface area contributed by atoms with Crippen LogP contribution in [0, 0.1) is 0 Å². The van der Waals surface area contributed by atoms with Gasteiger partial charge in [-0.15, -0.1) is 0 Å². The van der Waals surface area contributed by atoms with Crippen LogP contribution < -0.4 is 0 Å². The van der Waals surface area contributed by atoms with E-state index >= 15 is 0 Å². The summed E-state index contributed by atoms with van der Waals surface area (Å²) in [5.41, 5.74) is 0.615. The van der Waals surface area contributed by atoms with E-state index in [9.17, 15) is 4.79 Å². The number of rotatable bonds is 11. The zero-order valence-corrected chi connectivity index (χ0v) is 19.7. The van der Waals surface area contributed by atoms with E-state index in [0.717, 1.165) is 0 Å². The van der Waals surface area contributed by atoms with Crippen molar-refractivity contribution >= 4 is 22.1 Å². The molecule has 0 aliphatic heterocycles. The summed E-state index contributed by atoms with van der Waals surface area (Å²) < 4.78 is 5.54. The molecular weight excluding hydrogens is 352 g/mol. The normalized spacial score (nSPS) is 12.7. The molecule has 0 saturated heterocycles. The van der Waals surface area contributed by atoms with Gasteiger partial charge in [0.1, 0.15) is 0 Å². The van der Waals surface area contributed by atoms with Crippen molar-refractivity contribution in [2.45, 2.75) is 83.0 Å². The second-order valence-electron chi connectivity index (χ2n) is 7.42. The van der Waals surface area contributed by atoms with Gasteiger partial charge in [0.2, 0.25) is 0 Å². The van der Waals surface area contributed by atoms with Gasteiger partial charge in [0.15, 0.2) is 0 Å². The molecule has 2 nitrogen and oxygen atoms in total. The fourth-order valence-electron chi connectivity index (χ4n) is 4.70. The number of benzene rings is 1. The van der Waals surface area contributed by atoms with Crippen LogP contribution in [0.5, 0.6) is 0 Å². The van der Waals surface area contributed by atoms with Crippen molar-refractivity contribution in [2.24, 2.45) is 0 Å². The molecule has 0 radical (unpaired) electrons. The highest BCUT2D eigenvalue weighted by Crippen LogP contribution is 2.46. The molecule has 1 rings (SSSR count). The van der Waals surface area contributed by atoms with E-state index in [1.54, 1.807) is 18.4 Å². The van der Waals surface area contributed by atoms with Crippen LogP contribution in [0.25, 0.3) is 0 Å². The Kier molecular flexibility index (Phi) is 9.58.